The Morgan fingerprint density at radius 3 is 2.65 bits per heavy atom. The van der Waals surface area contributed by atoms with Gasteiger partial charge in [0.15, 0.2) is 5.96 Å². The Labute approximate surface area is 122 Å². The Morgan fingerprint density at radius 1 is 1.40 bits per heavy atom. The Hall–Kier alpha value is -1.45. The fourth-order valence-electron chi connectivity index (χ4n) is 2.86. The van der Waals surface area contributed by atoms with Crippen LogP contribution in [0.2, 0.25) is 0 Å². The van der Waals surface area contributed by atoms with Crippen LogP contribution in [0.3, 0.4) is 0 Å². The van der Waals surface area contributed by atoms with Crippen molar-refractivity contribution >= 4 is 5.96 Å². The van der Waals surface area contributed by atoms with Crippen LogP contribution in [0.5, 0.6) is 0 Å². The monoisotopic (exact) mass is 277 g/mol. The molecule has 4 heteroatoms. The molecule has 1 unspecified atom stereocenters. The lowest BCUT2D eigenvalue weighted by Crippen LogP contribution is -2.42. The summed E-state index contributed by atoms with van der Waals surface area (Å²) in [4.78, 5) is 4.31. The van der Waals surface area contributed by atoms with Crippen molar-refractivity contribution in [3.05, 3.63) is 23.7 Å². The quantitative estimate of drug-likeness (QED) is 0.655. The van der Waals surface area contributed by atoms with Crippen molar-refractivity contribution in [3.8, 4) is 0 Å². The van der Waals surface area contributed by atoms with Crippen LogP contribution < -0.4 is 10.6 Å². The first-order valence-electron chi connectivity index (χ1n) is 7.56. The molecular formula is C16H27N3O. The largest absolute Gasteiger partial charge is 0.464 e. The van der Waals surface area contributed by atoms with E-state index in [1.165, 1.54) is 25.7 Å². The first kappa shape index (κ1) is 14.9. The minimum Gasteiger partial charge on any atom is -0.464 e. The molecule has 2 N–H and O–H groups in total. The maximum Gasteiger partial charge on any atom is 0.191 e. The van der Waals surface area contributed by atoms with Crippen molar-refractivity contribution in [1.29, 1.82) is 0 Å². The van der Waals surface area contributed by atoms with Gasteiger partial charge in [0.05, 0.1) is 6.04 Å². The molecule has 0 spiro atoms. The molecule has 0 bridgehead atoms. The van der Waals surface area contributed by atoms with E-state index in [9.17, 15) is 0 Å². The molecule has 2 rings (SSSR count). The number of hydrogen-bond acceptors (Lipinski definition) is 2. The summed E-state index contributed by atoms with van der Waals surface area (Å²) in [5.74, 6) is 2.73. The molecule has 112 valence electrons. The van der Waals surface area contributed by atoms with Crippen LogP contribution >= 0.6 is 0 Å². The fourth-order valence-corrected chi connectivity index (χ4v) is 2.86. The number of hydrogen-bond donors (Lipinski definition) is 2. The van der Waals surface area contributed by atoms with Crippen molar-refractivity contribution < 1.29 is 4.42 Å². The minimum atomic E-state index is 0.117. The van der Waals surface area contributed by atoms with Crippen LogP contribution in [0.4, 0.5) is 0 Å². The smallest absolute Gasteiger partial charge is 0.191 e. The van der Waals surface area contributed by atoms with Crippen molar-refractivity contribution in [2.45, 2.75) is 52.5 Å². The zero-order valence-corrected chi connectivity index (χ0v) is 13.1. The van der Waals surface area contributed by atoms with Gasteiger partial charge in [-0.15, -0.1) is 0 Å². The third kappa shape index (κ3) is 3.78. The number of aliphatic imine (C=N–C) groups is 1. The lowest BCUT2D eigenvalue weighted by atomic mass is 9.89. The first-order valence-corrected chi connectivity index (χ1v) is 7.56. The van der Waals surface area contributed by atoms with Gasteiger partial charge < -0.3 is 15.1 Å². The molecule has 1 aliphatic carbocycles. The van der Waals surface area contributed by atoms with Crippen molar-refractivity contribution in [2.75, 3.05) is 13.6 Å². The van der Waals surface area contributed by atoms with Gasteiger partial charge in [0, 0.05) is 13.6 Å². The molecule has 1 fully saturated rings. The van der Waals surface area contributed by atoms with Gasteiger partial charge in [-0.05, 0) is 44.2 Å². The minimum absolute atomic E-state index is 0.117. The third-order valence-electron chi connectivity index (χ3n) is 4.26. The Balaban J connectivity index is 1.86. The number of aryl methyl sites for hydroxylation is 1. The molecule has 1 aromatic rings. The van der Waals surface area contributed by atoms with E-state index in [-0.39, 0.29) is 6.04 Å². The van der Waals surface area contributed by atoms with Crippen molar-refractivity contribution in [2.24, 2.45) is 10.4 Å². The van der Waals surface area contributed by atoms with Gasteiger partial charge in [0.1, 0.15) is 11.5 Å². The molecule has 1 aromatic heterocycles. The summed E-state index contributed by atoms with van der Waals surface area (Å²) >= 11 is 0. The highest BCUT2D eigenvalue weighted by Crippen LogP contribution is 2.36. The van der Waals surface area contributed by atoms with E-state index in [1.807, 2.05) is 26.1 Å². The number of nitrogens with one attached hydrogen (secondary N) is 2. The molecule has 4 nitrogen and oxygen atoms in total. The summed E-state index contributed by atoms with van der Waals surface area (Å²) < 4.78 is 5.64. The summed E-state index contributed by atoms with van der Waals surface area (Å²) in [7, 11) is 1.81. The zero-order valence-electron chi connectivity index (χ0n) is 13.1. The standard InChI is InChI=1S/C16H27N3O/c1-12-7-8-14(20-12)13(2)19-15(17-4)18-11-16(3)9-5-6-10-16/h7-8,13H,5-6,9-11H2,1-4H3,(H2,17,18,19). The maximum atomic E-state index is 5.64. The highest BCUT2D eigenvalue weighted by atomic mass is 16.3. The SMILES string of the molecule is CN=C(NCC1(C)CCCC1)NC(C)c1ccc(C)o1. The number of guanidine groups is 1. The van der Waals surface area contributed by atoms with Gasteiger partial charge in [-0.2, -0.15) is 0 Å². The highest BCUT2D eigenvalue weighted by molar-refractivity contribution is 5.80. The van der Waals surface area contributed by atoms with E-state index in [2.05, 4.69) is 29.5 Å². The van der Waals surface area contributed by atoms with Crippen molar-refractivity contribution in [3.63, 3.8) is 0 Å². The second kappa shape index (κ2) is 6.33. The molecular weight excluding hydrogens is 250 g/mol. The molecule has 0 aromatic carbocycles. The average Bonchev–Trinajstić information content (AvgIpc) is 3.04. The Bertz CT molecular complexity index is 458. The second-order valence-electron chi connectivity index (χ2n) is 6.26. The molecule has 20 heavy (non-hydrogen) atoms. The van der Waals surface area contributed by atoms with Gasteiger partial charge in [0.2, 0.25) is 0 Å². The summed E-state index contributed by atoms with van der Waals surface area (Å²) in [6.07, 6.45) is 5.33. The topological polar surface area (TPSA) is 49.6 Å². The summed E-state index contributed by atoms with van der Waals surface area (Å²) in [6, 6.07) is 4.12. The molecule has 1 aliphatic rings. The number of nitrogens with zero attached hydrogens (tertiary/aromatic N) is 1. The van der Waals surface area contributed by atoms with E-state index < -0.39 is 0 Å². The lowest BCUT2D eigenvalue weighted by molar-refractivity contribution is 0.333. The number of rotatable bonds is 4. The van der Waals surface area contributed by atoms with E-state index in [1.54, 1.807) is 0 Å². The van der Waals surface area contributed by atoms with Crippen LogP contribution in [-0.2, 0) is 0 Å². The fraction of sp³-hybridized carbons (Fsp3) is 0.688. The molecule has 0 radical (unpaired) electrons. The predicted molar refractivity (Wildman–Crippen MR) is 82.9 cm³/mol. The summed E-state index contributed by atoms with van der Waals surface area (Å²) in [6.45, 7) is 7.39. The highest BCUT2D eigenvalue weighted by Gasteiger charge is 2.28. The predicted octanol–water partition coefficient (Wildman–Crippen LogP) is 3.39. The first-order chi connectivity index (χ1) is 9.52. The van der Waals surface area contributed by atoms with Gasteiger partial charge in [-0.3, -0.25) is 4.99 Å². The van der Waals surface area contributed by atoms with Gasteiger partial charge in [-0.25, -0.2) is 0 Å². The lowest BCUT2D eigenvalue weighted by Gasteiger charge is -2.26. The van der Waals surface area contributed by atoms with Crippen LogP contribution in [0.1, 0.15) is 57.1 Å². The van der Waals surface area contributed by atoms with Gasteiger partial charge in [-0.1, -0.05) is 19.8 Å². The molecule has 0 aliphatic heterocycles. The summed E-state index contributed by atoms with van der Waals surface area (Å²) in [5.41, 5.74) is 0.419. The van der Waals surface area contributed by atoms with Crippen molar-refractivity contribution in [1.82, 2.24) is 10.6 Å². The van der Waals surface area contributed by atoms with E-state index in [0.717, 1.165) is 24.0 Å². The average molecular weight is 277 g/mol. The van der Waals surface area contributed by atoms with E-state index in [4.69, 9.17) is 4.42 Å². The molecule has 0 amide bonds. The van der Waals surface area contributed by atoms with Crippen LogP contribution in [0.15, 0.2) is 21.5 Å². The van der Waals surface area contributed by atoms with Gasteiger partial charge >= 0.3 is 0 Å². The normalized spacial score (nSPS) is 19.9. The number of furan rings is 1. The molecule has 1 heterocycles. The third-order valence-corrected chi connectivity index (χ3v) is 4.26. The van der Waals surface area contributed by atoms with E-state index >= 15 is 0 Å². The van der Waals surface area contributed by atoms with Crippen LogP contribution in [-0.4, -0.2) is 19.6 Å². The Kier molecular flexibility index (Phi) is 4.73. The van der Waals surface area contributed by atoms with Gasteiger partial charge in [0.25, 0.3) is 0 Å². The molecule has 1 saturated carbocycles. The van der Waals surface area contributed by atoms with Crippen LogP contribution in [0.25, 0.3) is 0 Å². The van der Waals surface area contributed by atoms with E-state index in [0.29, 0.717) is 5.41 Å². The molecule has 1 atom stereocenters. The van der Waals surface area contributed by atoms with Crippen LogP contribution in [0, 0.1) is 12.3 Å². The maximum absolute atomic E-state index is 5.64. The second-order valence-corrected chi connectivity index (χ2v) is 6.26. The summed E-state index contributed by atoms with van der Waals surface area (Å²) in [5, 5.41) is 6.84. The molecule has 0 saturated heterocycles. The zero-order chi connectivity index (χ0) is 14.6. The Morgan fingerprint density at radius 2 is 2.10 bits per heavy atom.